The Morgan fingerprint density at radius 2 is 2.06 bits per heavy atom. The molecule has 1 aromatic heterocycles. The predicted molar refractivity (Wildman–Crippen MR) is 62.2 cm³/mol. The highest BCUT2D eigenvalue weighted by Crippen LogP contribution is 2.14. The summed E-state index contributed by atoms with van der Waals surface area (Å²) in [4.78, 5) is 11.7. The number of carbonyl (C=O) groups excluding carboxylic acids is 1. The van der Waals surface area contributed by atoms with Gasteiger partial charge in [-0.1, -0.05) is 23.2 Å². The smallest absolute Gasteiger partial charge is 0.254 e. The van der Waals surface area contributed by atoms with E-state index < -0.39 is 12.2 Å². The second-order valence-electron chi connectivity index (χ2n) is 2.98. The van der Waals surface area contributed by atoms with Crippen LogP contribution in [0.4, 0.5) is 0 Å². The van der Waals surface area contributed by atoms with Gasteiger partial charge in [0.05, 0.1) is 12.1 Å². The minimum absolute atomic E-state index is 0.0155. The van der Waals surface area contributed by atoms with Crippen molar-refractivity contribution in [2.75, 3.05) is 20.8 Å². The molecule has 0 bridgehead atoms. The maximum absolute atomic E-state index is 11.7. The van der Waals surface area contributed by atoms with Gasteiger partial charge in [-0.15, -0.1) is 10.2 Å². The van der Waals surface area contributed by atoms with Crippen LogP contribution < -0.4 is 5.32 Å². The Balaban J connectivity index is 2.66. The van der Waals surface area contributed by atoms with E-state index in [-0.39, 0.29) is 22.4 Å². The van der Waals surface area contributed by atoms with Gasteiger partial charge in [0.2, 0.25) is 0 Å². The van der Waals surface area contributed by atoms with Crippen molar-refractivity contribution < 1.29 is 14.3 Å². The van der Waals surface area contributed by atoms with Crippen molar-refractivity contribution in [3.63, 3.8) is 0 Å². The van der Waals surface area contributed by atoms with Gasteiger partial charge in [0.1, 0.15) is 0 Å². The van der Waals surface area contributed by atoms with Crippen molar-refractivity contribution in [2.24, 2.45) is 0 Å². The third-order valence-corrected chi connectivity index (χ3v) is 2.38. The molecule has 0 aliphatic rings. The van der Waals surface area contributed by atoms with E-state index in [2.05, 4.69) is 15.5 Å². The van der Waals surface area contributed by atoms with E-state index in [4.69, 9.17) is 32.7 Å². The normalized spacial score (nSPS) is 10.6. The average molecular weight is 280 g/mol. The van der Waals surface area contributed by atoms with Crippen LogP contribution in [0.3, 0.4) is 0 Å². The number of rotatable bonds is 5. The van der Waals surface area contributed by atoms with E-state index in [9.17, 15) is 4.79 Å². The number of methoxy groups -OCH3 is 2. The molecule has 6 nitrogen and oxygen atoms in total. The summed E-state index contributed by atoms with van der Waals surface area (Å²) in [6, 6.07) is 1.33. The number of nitrogens with one attached hydrogen (secondary N) is 1. The van der Waals surface area contributed by atoms with Crippen LogP contribution in [-0.4, -0.2) is 43.2 Å². The average Bonchev–Trinajstić information content (AvgIpc) is 2.33. The van der Waals surface area contributed by atoms with Crippen molar-refractivity contribution >= 4 is 29.1 Å². The number of ether oxygens (including phenoxy) is 2. The number of aromatic nitrogens is 2. The molecule has 0 fully saturated rings. The maximum Gasteiger partial charge on any atom is 0.254 e. The lowest BCUT2D eigenvalue weighted by Gasteiger charge is -2.14. The fourth-order valence-corrected chi connectivity index (χ4v) is 1.37. The quantitative estimate of drug-likeness (QED) is 0.818. The lowest BCUT2D eigenvalue weighted by Crippen LogP contribution is -2.34. The van der Waals surface area contributed by atoms with Crippen LogP contribution in [0, 0.1) is 0 Å². The van der Waals surface area contributed by atoms with Crippen LogP contribution in [0.15, 0.2) is 6.07 Å². The minimum atomic E-state index is -0.525. The van der Waals surface area contributed by atoms with Gasteiger partial charge in [-0.2, -0.15) is 0 Å². The molecule has 1 heterocycles. The highest BCUT2D eigenvalue weighted by atomic mass is 35.5. The highest BCUT2D eigenvalue weighted by Gasteiger charge is 2.14. The summed E-state index contributed by atoms with van der Waals surface area (Å²) in [6.07, 6.45) is -0.525. The van der Waals surface area contributed by atoms with Gasteiger partial charge in [0, 0.05) is 14.2 Å². The molecule has 0 saturated carbocycles. The highest BCUT2D eigenvalue weighted by molar-refractivity contribution is 6.34. The van der Waals surface area contributed by atoms with Gasteiger partial charge in [-0.25, -0.2) is 0 Å². The molecule has 0 spiro atoms. The zero-order chi connectivity index (χ0) is 12.8. The minimum Gasteiger partial charge on any atom is -0.354 e. The topological polar surface area (TPSA) is 73.3 Å². The van der Waals surface area contributed by atoms with Crippen LogP contribution in [-0.2, 0) is 9.47 Å². The summed E-state index contributed by atoms with van der Waals surface area (Å²) in [5.74, 6) is -0.425. The zero-order valence-corrected chi connectivity index (χ0v) is 10.7. The lowest BCUT2D eigenvalue weighted by atomic mass is 10.3. The fourth-order valence-electron chi connectivity index (χ4n) is 1.05. The molecule has 0 aliphatic heterocycles. The summed E-state index contributed by atoms with van der Waals surface area (Å²) in [5.41, 5.74) is 0.151. The van der Waals surface area contributed by atoms with Crippen molar-refractivity contribution in [2.45, 2.75) is 6.29 Å². The number of halogens is 2. The fraction of sp³-hybridized carbons (Fsp3) is 0.444. The number of nitrogens with zero attached hydrogens (tertiary/aromatic N) is 2. The Hall–Kier alpha value is -0.950. The monoisotopic (exact) mass is 279 g/mol. The molecule has 1 amide bonds. The SMILES string of the molecule is COC(CNC(=O)c1cc(Cl)nnc1Cl)OC. The Labute approximate surface area is 108 Å². The largest absolute Gasteiger partial charge is 0.354 e. The Kier molecular flexibility index (Phi) is 5.57. The molecule has 8 heteroatoms. The van der Waals surface area contributed by atoms with Gasteiger partial charge in [-0.3, -0.25) is 4.79 Å². The summed E-state index contributed by atoms with van der Waals surface area (Å²) in [5, 5.41) is 9.68. The molecule has 0 saturated heterocycles. The first-order chi connectivity index (χ1) is 8.08. The van der Waals surface area contributed by atoms with Gasteiger partial charge in [-0.05, 0) is 6.07 Å². The second-order valence-corrected chi connectivity index (χ2v) is 3.73. The van der Waals surface area contributed by atoms with Crippen molar-refractivity contribution in [1.29, 1.82) is 0 Å². The van der Waals surface area contributed by atoms with Gasteiger partial charge in [0.25, 0.3) is 5.91 Å². The number of hydrogen-bond acceptors (Lipinski definition) is 5. The lowest BCUT2D eigenvalue weighted by molar-refractivity contribution is -0.0974. The molecule has 1 rings (SSSR count). The Bertz CT molecular complexity index is 399. The van der Waals surface area contributed by atoms with E-state index in [0.29, 0.717) is 0 Å². The Morgan fingerprint density at radius 1 is 1.41 bits per heavy atom. The van der Waals surface area contributed by atoms with E-state index in [1.165, 1.54) is 20.3 Å². The second kappa shape index (κ2) is 6.70. The van der Waals surface area contributed by atoms with Crippen LogP contribution in [0.2, 0.25) is 10.3 Å². The molecular formula is C9H11Cl2N3O3. The standard InChI is InChI=1S/C9H11Cl2N3O3/c1-16-7(17-2)4-12-9(15)5-3-6(10)13-14-8(5)11/h3,7H,4H2,1-2H3,(H,12,15). The molecule has 17 heavy (non-hydrogen) atoms. The Morgan fingerprint density at radius 3 is 2.65 bits per heavy atom. The predicted octanol–water partition coefficient (Wildman–Crippen LogP) is 1.13. The molecular weight excluding hydrogens is 269 g/mol. The maximum atomic E-state index is 11.7. The first-order valence-electron chi connectivity index (χ1n) is 4.61. The van der Waals surface area contributed by atoms with Crippen LogP contribution in [0.1, 0.15) is 10.4 Å². The first kappa shape index (κ1) is 14.1. The van der Waals surface area contributed by atoms with E-state index in [0.717, 1.165) is 0 Å². The third-order valence-electron chi connectivity index (χ3n) is 1.92. The van der Waals surface area contributed by atoms with Crippen molar-refractivity contribution in [3.05, 3.63) is 21.9 Å². The number of amides is 1. The van der Waals surface area contributed by atoms with Crippen molar-refractivity contribution in [1.82, 2.24) is 15.5 Å². The van der Waals surface area contributed by atoms with Crippen LogP contribution in [0.5, 0.6) is 0 Å². The van der Waals surface area contributed by atoms with Crippen molar-refractivity contribution in [3.8, 4) is 0 Å². The van der Waals surface area contributed by atoms with Gasteiger partial charge in [0.15, 0.2) is 16.6 Å². The molecule has 0 aromatic carbocycles. The van der Waals surface area contributed by atoms with Gasteiger partial charge >= 0.3 is 0 Å². The van der Waals surface area contributed by atoms with E-state index in [1.54, 1.807) is 0 Å². The summed E-state index contributed by atoms with van der Waals surface area (Å²) in [6.45, 7) is 0.183. The van der Waals surface area contributed by atoms with Gasteiger partial charge < -0.3 is 14.8 Å². The molecule has 94 valence electrons. The van der Waals surface area contributed by atoms with E-state index in [1.807, 2.05) is 0 Å². The summed E-state index contributed by atoms with van der Waals surface area (Å²) in [7, 11) is 2.94. The van der Waals surface area contributed by atoms with Crippen LogP contribution >= 0.6 is 23.2 Å². The molecule has 0 unspecified atom stereocenters. The molecule has 0 aliphatic carbocycles. The van der Waals surface area contributed by atoms with Crippen LogP contribution in [0.25, 0.3) is 0 Å². The first-order valence-corrected chi connectivity index (χ1v) is 5.36. The zero-order valence-electron chi connectivity index (χ0n) is 9.24. The third kappa shape index (κ3) is 4.08. The molecule has 1 aromatic rings. The molecule has 1 N–H and O–H groups in total. The number of hydrogen-bond donors (Lipinski definition) is 1. The molecule has 0 radical (unpaired) electrons. The summed E-state index contributed by atoms with van der Waals surface area (Å²) < 4.78 is 9.83. The number of carbonyl (C=O) groups is 1. The van der Waals surface area contributed by atoms with E-state index >= 15 is 0 Å². The summed E-state index contributed by atoms with van der Waals surface area (Å²) >= 11 is 11.3. The molecule has 0 atom stereocenters.